The van der Waals surface area contributed by atoms with Crippen LogP contribution in [0.25, 0.3) is 38.3 Å². The van der Waals surface area contributed by atoms with Crippen molar-refractivity contribution in [2.45, 2.75) is 30.5 Å². The number of hydrogen-bond donors (Lipinski definition) is 1. The highest BCUT2D eigenvalue weighted by Crippen LogP contribution is 2.55. The minimum Gasteiger partial charge on any atom is -0.371 e. The Labute approximate surface area is 303 Å². The number of aliphatic imine (C=N–C) groups is 1. The number of nitrogens with one attached hydrogen (secondary N) is 1. The van der Waals surface area contributed by atoms with Crippen LogP contribution in [0.1, 0.15) is 35.1 Å². The molecule has 6 aromatic carbocycles. The lowest BCUT2D eigenvalue weighted by atomic mass is 9.87. The van der Waals surface area contributed by atoms with Crippen LogP contribution in [0.4, 0.5) is 17.1 Å². The quantitative estimate of drug-likeness (QED) is 0.202. The second-order valence-electron chi connectivity index (χ2n) is 14.2. The molecule has 7 aromatic rings. The predicted molar refractivity (Wildman–Crippen MR) is 218 cm³/mol. The summed E-state index contributed by atoms with van der Waals surface area (Å²) in [6.07, 6.45) is 19.4. The van der Waals surface area contributed by atoms with Crippen molar-refractivity contribution in [3.8, 4) is 5.69 Å². The molecule has 0 radical (unpaired) electrons. The lowest BCUT2D eigenvalue weighted by Gasteiger charge is -2.35. The van der Waals surface area contributed by atoms with Crippen LogP contribution >= 0.6 is 0 Å². The van der Waals surface area contributed by atoms with Crippen molar-refractivity contribution in [1.29, 1.82) is 0 Å². The lowest BCUT2D eigenvalue weighted by molar-refractivity contribution is 0.615. The maximum atomic E-state index is 5.21. The molecule has 11 rings (SSSR count). The number of benzene rings is 6. The van der Waals surface area contributed by atoms with E-state index in [9.17, 15) is 0 Å². The molecule has 0 saturated heterocycles. The Bertz CT molecular complexity index is 2710. The molecule has 4 aliphatic rings. The molecule has 2 aliphatic carbocycles. The first-order valence-corrected chi connectivity index (χ1v) is 18.4. The van der Waals surface area contributed by atoms with E-state index in [1.807, 2.05) is 0 Å². The zero-order valence-electron chi connectivity index (χ0n) is 28.6. The standard InChI is InChI=1S/C48H36N4/c1-3-15-31(16-4-1)45-46(50-40-24-12-11-23-39(40)49-45)32-27-29-34(30-28-32)52-42-26-14-10-22-38(42)44-36-20-8-7-19-35(36)43-37-21-9-13-25-41(37)51(47(43)48(44)52)33-17-5-2-6-18-33/h1-17,19-30,33,37,41,46,50H,18H2. The van der Waals surface area contributed by atoms with E-state index in [4.69, 9.17) is 4.99 Å². The number of aromatic nitrogens is 1. The minimum absolute atomic E-state index is 0.0824. The average Bonchev–Trinajstić information content (AvgIpc) is 3.75. The maximum absolute atomic E-state index is 5.21. The van der Waals surface area contributed by atoms with Crippen molar-refractivity contribution in [3.63, 3.8) is 0 Å². The van der Waals surface area contributed by atoms with Gasteiger partial charge in [0.1, 0.15) is 0 Å². The average molecular weight is 669 g/mol. The third-order valence-electron chi connectivity index (χ3n) is 11.4. The molecular formula is C48H36N4. The van der Waals surface area contributed by atoms with Gasteiger partial charge in [-0.25, -0.2) is 4.99 Å². The van der Waals surface area contributed by atoms with Gasteiger partial charge >= 0.3 is 0 Å². The number of fused-ring (bicyclic) bond motifs is 11. The first-order chi connectivity index (χ1) is 25.8. The summed E-state index contributed by atoms with van der Waals surface area (Å²) in [6, 6.07) is 46.6. The summed E-state index contributed by atoms with van der Waals surface area (Å²) < 4.78 is 2.54. The number of anilines is 2. The van der Waals surface area contributed by atoms with E-state index >= 15 is 0 Å². The van der Waals surface area contributed by atoms with E-state index in [1.165, 1.54) is 49.4 Å². The molecule has 0 bridgehead atoms. The normalized spacial score (nSPS) is 21.3. The van der Waals surface area contributed by atoms with Crippen molar-refractivity contribution in [3.05, 3.63) is 193 Å². The van der Waals surface area contributed by atoms with Gasteiger partial charge in [-0.1, -0.05) is 146 Å². The fourth-order valence-corrected chi connectivity index (χ4v) is 9.24. The Balaban J connectivity index is 1.15. The first-order valence-electron chi connectivity index (χ1n) is 18.4. The Kier molecular flexibility index (Phi) is 6.53. The second-order valence-corrected chi connectivity index (χ2v) is 14.2. The highest BCUT2D eigenvalue weighted by Gasteiger charge is 2.43. The fourth-order valence-electron chi connectivity index (χ4n) is 9.24. The van der Waals surface area contributed by atoms with Crippen LogP contribution in [0, 0.1) is 0 Å². The number of para-hydroxylation sites is 3. The van der Waals surface area contributed by atoms with E-state index in [2.05, 4.69) is 191 Å². The number of hydrogen-bond acceptors (Lipinski definition) is 3. The van der Waals surface area contributed by atoms with Crippen molar-refractivity contribution in [2.24, 2.45) is 4.99 Å². The van der Waals surface area contributed by atoms with Gasteiger partial charge in [0.25, 0.3) is 0 Å². The molecule has 1 N–H and O–H groups in total. The smallest absolute Gasteiger partial charge is 0.0947 e. The summed E-state index contributed by atoms with van der Waals surface area (Å²) >= 11 is 0. The lowest BCUT2D eigenvalue weighted by Crippen LogP contribution is -2.40. The summed E-state index contributed by atoms with van der Waals surface area (Å²) in [4.78, 5) is 7.93. The van der Waals surface area contributed by atoms with Gasteiger partial charge in [0, 0.05) is 22.4 Å². The van der Waals surface area contributed by atoms with Crippen molar-refractivity contribution < 1.29 is 0 Å². The summed E-state index contributed by atoms with van der Waals surface area (Å²) in [7, 11) is 0. The molecule has 248 valence electrons. The Morgan fingerprint density at radius 2 is 1.37 bits per heavy atom. The van der Waals surface area contributed by atoms with Gasteiger partial charge in [-0.3, -0.25) is 0 Å². The van der Waals surface area contributed by atoms with Crippen LogP contribution < -0.4 is 10.2 Å². The molecule has 0 spiro atoms. The van der Waals surface area contributed by atoms with Gasteiger partial charge < -0.3 is 14.8 Å². The molecule has 3 heterocycles. The minimum atomic E-state index is -0.0824. The summed E-state index contributed by atoms with van der Waals surface area (Å²) in [5, 5.41) is 9.11. The monoisotopic (exact) mass is 668 g/mol. The highest BCUT2D eigenvalue weighted by atomic mass is 15.2. The Hall–Kier alpha value is -6.39. The van der Waals surface area contributed by atoms with Gasteiger partial charge in [0.2, 0.25) is 0 Å². The molecule has 0 fully saturated rings. The van der Waals surface area contributed by atoms with Crippen LogP contribution in [-0.4, -0.2) is 22.4 Å². The van der Waals surface area contributed by atoms with E-state index in [0.717, 1.165) is 34.8 Å². The second kappa shape index (κ2) is 11.6. The summed E-state index contributed by atoms with van der Waals surface area (Å²) in [6.45, 7) is 0. The molecule has 4 atom stereocenters. The molecule has 4 nitrogen and oxygen atoms in total. The van der Waals surface area contributed by atoms with Crippen LogP contribution in [0.5, 0.6) is 0 Å². The van der Waals surface area contributed by atoms with Crippen LogP contribution in [-0.2, 0) is 0 Å². The summed E-state index contributed by atoms with van der Waals surface area (Å²) in [5.74, 6) is 0.276. The fraction of sp³-hybridized carbons (Fsp3) is 0.104. The SMILES string of the molecule is C1=CCC(N2c3c(c4ccccc4c4c5ccccc5n(-c5ccc(C6Nc7ccccc7N=C6c6ccccc6)cc5)c34)C3C=CC=CC32)C=C1. The molecule has 4 heteroatoms. The topological polar surface area (TPSA) is 32.6 Å². The molecule has 0 amide bonds. The number of rotatable bonds is 4. The number of nitrogens with zero attached hydrogens (tertiary/aromatic N) is 3. The molecule has 52 heavy (non-hydrogen) atoms. The number of allylic oxidation sites excluding steroid dienone is 4. The van der Waals surface area contributed by atoms with Crippen LogP contribution in [0.15, 0.2) is 181 Å². The van der Waals surface area contributed by atoms with Crippen LogP contribution in [0.2, 0.25) is 0 Å². The predicted octanol–water partition coefficient (Wildman–Crippen LogP) is 11.5. The summed E-state index contributed by atoms with van der Waals surface area (Å²) in [5.41, 5.74) is 11.8. The van der Waals surface area contributed by atoms with Gasteiger partial charge in [0.05, 0.1) is 51.9 Å². The van der Waals surface area contributed by atoms with Crippen molar-refractivity contribution in [1.82, 2.24) is 4.57 Å². The van der Waals surface area contributed by atoms with Gasteiger partial charge in [-0.15, -0.1) is 0 Å². The zero-order valence-corrected chi connectivity index (χ0v) is 28.6. The van der Waals surface area contributed by atoms with Gasteiger partial charge in [-0.05, 0) is 64.2 Å². The first kappa shape index (κ1) is 29.4. The van der Waals surface area contributed by atoms with Gasteiger partial charge in [0.15, 0.2) is 0 Å². The van der Waals surface area contributed by atoms with Crippen molar-refractivity contribution in [2.75, 3.05) is 10.2 Å². The molecule has 4 unspecified atom stereocenters. The van der Waals surface area contributed by atoms with E-state index in [-0.39, 0.29) is 24.0 Å². The van der Waals surface area contributed by atoms with E-state index in [1.54, 1.807) is 0 Å². The van der Waals surface area contributed by atoms with E-state index in [0.29, 0.717) is 0 Å². The zero-order chi connectivity index (χ0) is 34.2. The maximum Gasteiger partial charge on any atom is 0.0947 e. The third kappa shape index (κ3) is 4.31. The molecule has 2 aliphatic heterocycles. The van der Waals surface area contributed by atoms with Gasteiger partial charge in [-0.2, -0.15) is 0 Å². The highest BCUT2D eigenvalue weighted by molar-refractivity contribution is 6.26. The third-order valence-corrected chi connectivity index (χ3v) is 11.4. The molecule has 0 saturated carbocycles. The Morgan fingerprint density at radius 3 is 2.21 bits per heavy atom. The van der Waals surface area contributed by atoms with Crippen molar-refractivity contribution >= 4 is 55.4 Å². The largest absolute Gasteiger partial charge is 0.371 e. The Morgan fingerprint density at radius 1 is 0.635 bits per heavy atom. The molecule has 1 aromatic heterocycles. The van der Waals surface area contributed by atoms with Crippen LogP contribution in [0.3, 0.4) is 0 Å². The van der Waals surface area contributed by atoms with E-state index < -0.39 is 0 Å². The molecular weight excluding hydrogens is 633 g/mol.